The molecule has 1 aliphatic rings. The van der Waals surface area contributed by atoms with E-state index in [4.69, 9.17) is 16.3 Å². The molecule has 2 amide bonds. The first-order valence-electron chi connectivity index (χ1n) is 8.16. The second-order valence-electron chi connectivity index (χ2n) is 5.83. The zero-order valence-corrected chi connectivity index (χ0v) is 14.6. The standard InChI is InChI=1S/C19H19ClN2O3/c1-2-25-17-8-6-16(7-9-17)22-12-13(10-18(22)23)19(24)21-15-5-3-4-14(20)11-15/h3-9,11,13H,2,10,12H2,1H3,(H,21,24)/t13-/m0/s1. The van der Waals surface area contributed by atoms with E-state index >= 15 is 0 Å². The molecule has 0 aliphatic carbocycles. The van der Waals surface area contributed by atoms with Crippen LogP contribution in [-0.2, 0) is 9.59 Å². The number of carbonyl (C=O) groups excluding carboxylic acids is 2. The molecule has 1 aliphatic heterocycles. The van der Waals surface area contributed by atoms with Crippen LogP contribution in [0.15, 0.2) is 48.5 Å². The zero-order valence-electron chi connectivity index (χ0n) is 13.9. The number of carbonyl (C=O) groups is 2. The molecule has 25 heavy (non-hydrogen) atoms. The van der Waals surface area contributed by atoms with Crippen molar-refractivity contribution >= 4 is 34.8 Å². The minimum absolute atomic E-state index is 0.0598. The molecule has 1 fully saturated rings. The average Bonchev–Trinajstić information content (AvgIpc) is 2.98. The van der Waals surface area contributed by atoms with E-state index in [0.29, 0.717) is 23.9 Å². The Kier molecular flexibility index (Phi) is 5.24. The number of rotatable bonds is 5. The van der Waals surface area contributed by atoms with E-state index in [1.165, 1.54) is 0 Å². The van der Waals surface area contributed by atoms with Crippen LogP contribution in [0.4, 0.5) is 11.4 Å². The lowest BCUT2D eigenvalue weighted by molar-refractivity contribution is -0.122. The number of nitrogens with zero attached hydrogens (tertiary/aromatic N) is 1. The van der Waals surface area contributed by atoms with E-state index in [1.807, 2.05) is 31.2 Å². The molecule has 0 radical (unpaired) electrons. The first-order valence-corrected chi connectivity index (χ1v) is 8.54. The maximum Gasteiger partial charge on any atom is 0.229 e. The predicted molar refractivity (Wildman–Crippen MR) is 98.2 cm³/mol. The van der Waals surface area contributed by atoms with Crippen LogP contribution in [0.5, 0.6) is 5.75 Å². The van der Waals surface area contributed by atoms with Gasteiger partial charge in [-0.2, -0.15) is 0 Å². The molecule has 0 aromatic heterocycles. The van der Waals surface area contributed by atoms with E-state index < -0.39 is 5.92 Å². The summed E-state index contributed by atoms with van der Waals surface area (Å²) in [4.78, 5) is 26.4. The van der Waals surface area contributed by atoms with Crippen molar-refractivity contribution in [3.05, 3.63) is 53.6 Å². The third kappa shape index (κ3) is 4.12. The number of halogens is 1. The normalized spacial score (nSPS) is 16.8. The summed E-state index contributed by atoms with van der Waals surface area (Å²) in [6.07, 6.45) is 0.194. The highest BCUT2D eigenvalue weighted by Crippen LogP contribution is 2.28. The van der Waals surface area contributed by atoms with Gasteiger partial charge in [0.2, 0.25) is 11.8 Å². The first kappa shape index (κ1) is 17.3. The molecule has 2 aromatic carbocycles. The smallest absolute Gasteiger partial charge is 0.229 e. The van der Waals surface area contributed by atoms with Crippen LogP contribution in [0.3, 0.4) is 0 Å². The molecule has 3 rings (SSSR count). The number of benzene rings is 2. The van der Waals surface area contributed by atoms with E-state index in [0.717, 1.165) is 11.4 Å². The summed E-state index contributed by atoms with van der Waals surface area (Å²) in [7, 11) is 0. The van der Waals surface area contributed by atoms with Crippen molar-refractivity contribution in [2.75, 3.05) is 23.4 Å². The van der Waals surface area contributed by atoms with Crippen molar-refractivity contribution < 1.29 is 14.3 Å². The molecule has 130 valence electrons. The molecule has 1 N–H and O–H groups in total. The lowest BCUT2D eigenvalue weighted by Crippen LogP contribution is -2.28. The molecular formula is C19H19ClN2O3. The average molecular weight is 359 g/mol. The van der Waals surface area contributed by atoms with Gasteiger partial charge in [0, 0.05) is 29.4 Å². The third-order valence-corrected chi connectivity index (χ3v) is 4.28. The van der Waals surface area contributed by atoms with Gasteiger partial charge in [0.1, 0.15) is 5.75 Å². The Balaban J connectivity index is 1.66. The first-order chi connectivity index (χ1) is 12.1. The van der Waals surface area contributed by atoms with Crippen molar-refractivity contribution in [1.29, 1.82) is 0 Å². The minimum atomic E-state index is -0.391. The maximum atomic E-state index is 12.4. The van der Waals surface area contributed by atoms with Crippen molar-refractivity contribution in [3.63, 3.8) is 0 Å². The second kappa shape index (κ2) is 7.57. The second-order valence-corrected chi connectivity index (χ2v) is 6.27. The highest BCUT2D eigenvalue weighted by molar-refractivity contribution is 6.30. The molecule has 1 heterocycles. The summed E-state index contributed by atoms with van der Waals surface area (Å²) < 4.78 is 5.41. The van der Waals surface area contributed by atoms with Gasteiger partial charge in [-0.25, -0.2) is 0 Å². The summed E-state index contributed by atoms with van der Waals surface area (Å²) >= 11 is 5.93. The van der Waals surface area contributed by atoms with Gasteiger partial charge in [0.05, 0.1) is 12.5 Å². The van der Waals surface area contributed by atoms with Crippen LogP contribution in [0, 0.1) is 5.92 Å². The van der Waals surface area contributed by atoms with Crippen LogP contribution in [0.25, 0.3) is 0 Å². The molecule has 0 bridgehead atoms. The van der Waals surface area contributed by atoms with Crippen LogP contribution < -0.4 is 15.0 Å². The predicted octanol–water partition coefficient (Wildman–Crippen LogP) is 3.73. The molecule has 0 spiro atoms. The molecule has 1 saturated heterocycles. The SMILES string of the molecule is CCOc1ccc(N2C[C@@H](C(=O)Nc3cccc(Cl)c3)CC2=O)cc1. The van der Waals surface area contributed by atoms with Gasteiger partial charge in [-0.3, -0.25) is 9.59 Å². The van der Waals surface area contributed by atoms with Gasteiger partial charge in [0.25, 0.3) is 0 Å². The van der Waals surface area contributed by atoms with Gasteiger partial charge < -0.3 is 15.0 Å². The van der Waals surface area contributed by atoms with Crippen molar-refractivity contribution in [2.24, 2.45) is 5.92 Å². The Morgan fingerprint density at radius 2 is 2.04 bits per heavy atom. The Bertz CT molecular complexity index is 776. The summed E-state index contributed by atoms with van der Waals surface area (Å²) in [6, 6.07) is 14.3. The summed E-state index contributed by atoms with van der Waals surface area (Å²) in [5.74, 6) is 0.130. The maximum absolute atomic E-state index is 12.4. The lowest BCUT2D eigenvalue weighted by atomic mass is 10.1. The topological polar surface area (TPSA) is 58.6 Å². The molecule has 2 aromatic rings. The fourth-order valence-electron chi connectivity index (χ4n) is 2.83. The summed E-state index contributed by atoms with van der Waals surface area (Å²) in [5, 5.41) is 3.37. The number of nitrogens with one attached hydrogen (secondary N) is 1. The molecule has 1 atom stereocenters. The van der Waals surface area contributed by atoms with Crippen LogP contribution in [-0.4, -0.2) is 25.0 Å². The molecule has 5 nitrogen and oxygen atoms in total. The van der Waals surface area contributed by atoms with Crippen molar-refractivity contribution in [1.82, 2.24) is 0 Å². The number of hydrogen-bond acceptors (Lipinski definition) is 3. The van der Waals surface area contributed by atoms with E-state index in [2.05, 4.69) is 5.32 Å². The number of anilines is 2. The Hall–Kier alpha value is -2.53. The highest BCUT2D eigenvalue weighted by atomic mass is 35.5. The minimum Gasteiger partial charge on any atom is -0.494 e. The summed E-state index contributed by atoms with van der Waals surface area (Å²) in [5.41, 5.74) is 1.40. The quantitative estimate of drug-likeness (QED) is 0.886. The zero-order chi connectivity index (χ0) is 17.8. The number of hydrogen-bond donors (Lipinski definition) is 1. The van der Waals surface area contributed by atoms with Gasteiger partial charge >= 0.3 is 0 Å². The van der Waals surface area contributed by atoms with E-state index in [-0.39, 0.29) is 18.2 Å². The highest BCUT2D eigenvalue weighted by Gasteiger charge is 2.35. The van der Waals surface area contributed by atoms with Crippen LogP contribution >= 0.6 is 11.6 Å². The number of ether oxygens (including phenoxy) is 1. The Labute approximate surface area is 151 Å². The molecular weight excluding hydrogens is 340 g/mol. The van der Waals surface area contributed by atoms with Crippen molar-refractivity contribution in [2.45, 2.75) is 13.3 Å². The molecule has 6 heteroatoms. The number of amides is 2. The van der Waals surface area contributed by atoms with E-state index in [1.54, 1.807) is 29.2 Å². The molecule has 0 saturated carbocycles. The van der Waals surface area contributed by atoms with Gasteiger partial charge in [0.15, 0.2) is 0 Å². The van der Waals surface area contributed by atoms with Gasteiger partial charge in [-0.05, 0) is 49.4 Å². The molecule has 0 unspecified atom stereocenters. The fraction of sp³-hybridized carbons (Fsp3) is 0.263. The lowest BCUT2D eigenvalue weighted by Gasteiger charge is -2.17. The monoisotopic (exact) mass is 358 g/mol. The fourth-order valence-corrected chi connectivity index (χ4v) is 3.02. The largest absolute Gasteiger partial charge is 0.494 e. The third-order valence-electron chi connectivity index (χ3n) is 4.05. The van der Waals surface area contributed by atoms with E-state index in [9.17, 15) is 9.59 Å². The van der Waals surface area contributed by atoms with Gasteiger partial charge in [-0.15, -0.1) is 0 Å². The summed E-state index contributed by atoms with van der Waals surface area (Å²) in [6.45, 7) is 2.87. The van der Waals surface area contributed by atoms with Crippen LogP contribution in [0.1, 0.15) is 13.3 Å². The van der Waals surface area contributed by atoms with Gasteiger partial charge in [-0.1, -0.05) is 17.7 Å². The van der Waals surface area contributed by atoms with Crippen molar-refractivity contribution in [3.8, 4) is 5.75 Å². The Morgan fingerprint density at radius 3 is 2.72 bits per heavy atom. The van der Waals surface area contributed by atoms with Crippen LogP contribution in [0.2, 0.25) is 5.02 Å². The Morgan fingerprint density at radius 1 is 1.28 bits per heavy atom.